The molecule has 2 rings (SSSR count). The second kappa shape index (κ2) is 10.7. The van der Waals surface area contributed by atoms with Crippen molar-refractivity contribution in [2.24, 2.45) is 14.1 Å². The molecule has 7 nitrogen and oxygen atoms in total. The van der Waals surface area contributed by atoms with Crippen LogP contribution in [0.25, 0.3) is 0 Å². The van der Waals surface area contributed by atoms with Gasteiger partial charge in [-0.15, -0.1) is 0 Å². The predicted molar refractivity (Wildman–Crippen MR) is 113 cm³/mol. The van der Waals surface area contributed by atoms with Gasteiger partial charge in [0, 0.05) is 33.3 Å². The first-order valence-electron chi connectivity index (χ1n) is 9.91. The third-order valence-electron chi connectivity index (χ3n) is 4.90. The quantitative estimate of drug-likeness (QED) is 0.636. The Balaban J connectivity index is 1.84. The van der Waals surface area contributed by atoms with Crippen LogP contribution in [0.1, 0.15) is 25.8 Å². The predicted octanol–water partition coefficient (Wildman–Crippen LogP) is 1.85. The standard InChI is InChI=1S/C21H32N4O3/c1-5-25(14-9-11-17-10-7-8-12-18(17)28-6-2)15-13-22-19-16-20(26)24(4)21(27)23(19)3/h7-8,10,12,16,22H,5-6,9,11,13-15H2,1-4H3. The van der Waals surface area contributed by atoms with E-state index in [0.29, 0.717) is 19.0 Å². The van der Waals surface area contributed by atoms with E-state index in [1.165, 1.54) is 23.2 Å². The zero-order valence-electron chi connectivity index (χ0n) is 17.4. The Morgan fingerprint density at radius 3 is 2.54 bits per heavy atom. The summed E-state index contributed by atoms with van der Waals surface area (Å²) in [5.74, 6) is 1.52. The monoisotopic (exact) mass is 388 g/mol. The molecule has 0 aliphatic rings. The SMILES string of the molecule is CCOc1ccccc1CCCN(CC)CCNc1cc(=O)n(C)c(=O)n1C. The minimum atomic E-state index is -0.324. The molecule has 0 fully saturated rings. The molecule has 0 saturated heterocycles. The largest absolute Gasteiger partial charge is 0.494 e. The fourth-order valence-corrected chi connectivity index (χ4v) is 3.17. The number of rotatable bonds is 11. The Labute approximate surface area is 166 Å². The Morgan fingerprint density at radius 1 is 1.07 bits per heavy atom. The van der Waals surface area contributed by atoms with Crippen molar-refractivity contribution in [2.75, 3.05) is 38.1 Å². The number of ether oxygens (including phenoxy) is 1. The molecule has 0 saturated carbocycles. The second-order valence-electron chi connectivity index (χ2n) is 6.77. The second-order valence-corrected chi connectivity index (χ2v) is 6.77. The maximum atomic E-state index is 12.0. The highest BCUT2D eigenvalue weighted by Gasteiger charge is 2.08. The lowest BCUT2D eigenvalue weighted by molar-refractivity contribution is 0.293. The van der Waals surface area contributed by atoms with Crippen LogP contribution in [0.2, 0.25) is 0 Å². The summed E-state index contributed by atoms with van der Waals surface area (Å²) in [7, 11) is 3.15. The third kappa shape index (κ3) is 5.73. The van der Waals surface area contributed by atoms with Crippen molar-refractivity contribution in [3.63, 3.8) is 0 Å². The summed E-state index contributed by atoms with van der Waals surface area (Å²) in [6.07, 6.45) is 2.02. The van der Waals surface area contributed by atoms with Crippen LogP contribution < -0.4 is 21.3 Å². The van der Waals surface area contributed by atoms with Gasteiger partial charge in [-0.2, -0.15) is 0 Å². The van der Waals surface area contributed by atoms with Gasteiger partial charge in [-0.1, -0.05) is 25.1 Å². The fraction of sp³-hybridized carbons (Fsp3) is 0.524. The van der Waals surface area contributed by atoms with Crippen molar-refractivity contribution in [1.82, 2.24) is 14.0 Å². The topological polar surface area (TPSA) is 68.5 Å². The zero-order chi connectivity index (χ0) is 20.5. The lowest BCUT2D eigenvalue weighted by Gasteiger charge is -2.21. The van der Waals surface area contributed by atoms with Crippen molar-refractivity contribution in [3.05, 3.63) is 56.7 Å². The molecule has 0 amide bonds. The van der Waals surface area contributed by atoms with E-state index in [9.17, 15) is 9.59 Å². The van der Waals surface area contributed by atoms with Gasteiger partial charge in [-0.05, 0) is 44.5 Å². The molecule has 154 valence electrons. The van der Waals surface area contributed by atoms with Crippen LogP contribution in [0.15, 0.2) is 39.9 Å². The summed E-state index contributed by atoms with van der Waals surface area (Å²) in [6, 6.07) is 9.66. The van der Waals surface area contributed by atoms with Crippen LogP contribution in [0.4, 0.5) is 5.82 Å². The van der Waals surface area contributed by atoms with E-state index < -0.39 is 0 Å². The molecule has 1 aromatic heterocycles. The van der Waals surface area contributed by atoms with E-state index in [-0.39, 0.29) is 11.2 Å². The van der Waals surface area contributed by atoms with Crippen molar-refractivity contribution < 1.29 is 4.74 Å². The van der Waals surface area contributed by atoms with E-state index in [4.69, 9.17) is 4.74 Å². The molecule has 1 N–H and O–H groups in total. The Hall–Kier alpha value is -2.54. The molecule has 1 heterocycles. The van der Waals surface area contributed by atoms with Gasteiger partial charge >= 0.3 is 5.69 Å². The first kappa shape index (κ1) is 21.8. The average molecular weight is 389 g/mol. The molecule has 0 aliphatic carbocycles. The molecule has 2 aromatic rings. The number of aryl methyl sites for hydroxylation is 1. The van der Waals surface area contributed by atoms with E-state index >= 15 is 0 Å². The molecule has 7 heteroatoms. The van der Waals surface area contributed by atoms with Crippen LogP contribution in [0.5, 0.6) is 5.75 Å². The van der Waals surface area contributed by atoms with E-state index in [0.717, 1.165) is 42.8 Å². The Bertz CT molecular complexity index is 873. The van der Waals surface area contributed by atoms with Crippen LogP contribution in [0.3, 0.4) is 0 Å². The summed E-state index contributed by atoms with van der Waals surface area (Å²) >= 11 is 0. The van der Waals surface area contributed by atoms with Gasteiger partial charge in [-0.3, -0.25) is 13.9 Å². The molecule has 0 aliphatic heterocycles. The lowest BCUT2D eigenvalue weighted by Crippen LogP contribution is -2.38. The smallest absolute Gasteiger partial charge is 0.332 e. The average Bonchev–Trinajstić information content (AvgIpc) is 2.70. The number of likely N-dealkylation sites (N-methyl/N-ethyl adjacent to an activating group) is 1. The molecule has 0 radical (unpaired) electrons. The van der Waals surface area contributed by atoms with Crippen molar-refractivity contribution >= 4 is 5.82 Å². The number of anilines is 1. The number of hydrogen-bond donors (Lipinski definition) is 1. The van der Waals surface area contributed by atoms with Gasteiger partial charge in [0.15, 0.2) is 0 Å². The van der Waals surface area contributed by atoms with E-state index in [1.807, 2.05) is 25.1 Å². The summed E-state index contributed by atoms with van der Waals surface area (Å²) in [4.78, 5) is 26.1. The number of para-hydroxylation sites is 1. The van der Waals surface area contributed by atoms with E-state index in [1.54, 1.807) is 7.05 Å². The minimum absolute atomic E-state index is 0.300. The number of benzene rings is 1. The van der Waals surface area contributed by atoms with Crippen molar-refractivity contribution in [2.45, 2.75) is 26.7 Å². The van der Waals surface area contributed by atoms with Gasteiger partial charge in [0.1, 0.15) is 11.6 Å². The Kier molecular flexibility index (Phi) is 8.32. The van der Waals surface area contributed by atoms with Crippen LogP contribution in [-0.2, 0) is 20.5 Å². The maximum Gasteiger partial charge on any atom is 0.332 e. The third-order valence-corrected chi connectivity index (χ3v) is 4.90. The summed E-state index contributed by atoms with van der Waals surface area (Å²) < 4.78 is 8.26. The maximum absolute atomic E-state index is 12.0. The number of nitrogens with one attached hydrogen (secondary N) is 1. The molecule has 0 spiro atoms. The van der Waals surface area contributed by atoms with Crippen LogP contribution >= 0.6 is 0 Å². The van der Waals surface area contributed by atoms with Gasteiger partial charge in [0.2, 0.25) is 0 Å². The highest BCUT2D eigenvalue weighted by atomic mass is 16.5. The van der Waals surface area contributed by atoms with Crippen LogP contribution in [-0.4, -0.2) is 46.8 Å². The fourth-order valence-electron chi connectivity index (χ4n) is 3.17. The highest BCUT2D eigenvalue weighted by Crippen LogP contribution is 2.19. The summed E-state index contributed by atoms with van der Waals surface area (Å²) in [6.45, 7) is 8.26. The van der Waals surface area contributed by atoms with Gasteiger partial charge < -0.3 is 15.0 Å². The molecule has 0 unspecified atom stereocenters. The first-order valence-corrected chi connectivity index (χ1v) is 9.91. The van der Waals surface area contributed by atoms with Gasteiger partial charge in [0.05, 0.1) is 6.61 Å². The van der Waals surface area contributed by atoms with Crippen molar-refractivity contribution in [1.29, 1.82) is 0 Å². The first-order chi connectivity index (χ1) is 13.5. The summed E-state index contributed by atoms with van der Waals surface area (Å²) in [5.41, 5.74) is 0.620. The molecule has 28 heavy (non-hydrogen) atoms. The summed E-state index contributed by atoms with van der Waals surface area (Å²) in [5, 5.41) is 3.21. The molecular formula is C21H32N4O3. The Morgan fingerprint density at radius 2 is 1.82 bits per heavy atom. The number of nitrogens with zero attached hydrogens (tertiary/aromatic N) is 3. The molecular weight excluding hydrogens is 356 g/mol. The van der Waals surface area contributed by atoms with Gasteiger partial charge in [0.25, 0.3) is 5.56 Å². The normalized spacial score (nSPS) is 11.0. The minimum Gasteiger partial charge on any atom is -0.494 e. The highest BCUT2D eigenvalue weighted by molar-refractivity contribution is 5.34. The molecule has 1 aromatic carbocycles. The van der Waals surface area contributed by atoms with Crippen molar-refractivity contribution in [3.8, 4) is 5.75 Å². The lowest BCUT2D eigenvalue weighted by atomic mass is 10.1. The number of hydrogen-bond acceptors (Lipinski definition) is 5. The molecule has 0 atom stereocenters. The van der Waals surface area contributed by atoms with Crippen LogP contribution in [0, 0.1) is 0 Å². The van der Waals surface area contributed by atoms with E-state index in [2.05, 4.69) is 23.2 Å². The molecule has 0 bridgehead atoms. The number of aromatic nitrogens is 2. The van der Waals surface area contributed by atoms with Gasteiger partial charge in [-0.25, -0.2) is 4.79 Å². The zero-order valence-corrected chi connectivity index (χ0v) is 17.4.